The van der Waals surface area contributed by atoms with Gasteiger partial charge in [0.25, 0.3) is 0 Å². The van der Waals surface area contributed by atoms with Gasteiger partial charge in [0, 0.05) is 0 Å². The van der Waals surface area contributed by atoms with E-state index in [9.17, 15) is 20.4 Å². The van der Waals surface area contributed by atoms with Crippen LogP contribution in [-0.2, 0) is 0 Å². The van der Waals surface area contributed by atoms with E-state index in [0.717, 1.165) is 13.8 Å². The highest BCUT2D eigenvalue weighted by molar-refractivity contribution is 5.01. The number of hydrogen-bond acceptors (Lipinski definition) is 6. The van der Waals surface area contributed by atoms with Crippen LogP contribution in [0.5, 0.6) is 0 Å². The third-order valence-corrected chi connectivity index (χ3v) is 2.79. The van der Waals surface area contributed by atoms with Crippen molar-refractivity contribution in [2.45, 2.75) is 50.3 Å². The van der Waals surface area contributed by atoms with E-state index < -0.39 is 36.1 Å². The van der Waals surface area contributed by atoms with Crippen LogP contribution in [0.4, 0.5) is 0 Å². The standard InChI is InChI=1S/C9H20O6/c1-5(11)6(12)7(13)9(3,15)8(2,14)4-10/h5-7,10-15H,4H2,1-3H3. The van der Waals surface area contributed by atoms with Crippen LogP contribution in [0.3, 0.4) is 0 Å². The Kier molecular flexibility index (Phi) is 4.66. The van der Waals surface area contributed by atoms with Gasteiger partial charge in [0.05, 0.1) is 12.7 Å². The van der Waals surface area contributed by atoms with E-state index in [4.69, 9.17) is 10.2 Å². The number of aliphatic hydroxyl groups is 6. The van der Waals surface area contributed by atoms with Gasteiger partial charge >= 0.3 is 0 Å². The summed E-state index contributed by atoms with van der Waals surface area (Å²) >= 11 is 0. The van der Waals surface area contributed by atoms with Crippen molar-refractivity contribution in [3.05, 3.63) is 0 Å². The molecule has 0 fully saturated rings. The predicted molar refractivity (Wildman–Crippen MR) is 52.0 cm³/mol. The zero-order chi connectivity index (χ0) is 12.4. The van der Waals surface area contributed by atoms with Gasteiger partial charge < -0.3 is 30.6 Å². The number of hydrogen-bond donors (Lipinski definition) is 6. The van der Waals surface area contributed by atoms with Crippen LogP contribution in [0.25, 0.3) is 0 Å². The zero-order valence-electron chi connectivity index (χ0n) is 9.12. The highest BCUT2D eigenvalue weighted by Crippen LogP contribution is 2.27. The Morgan fingerprint density at radius 1 is 1.07 bits per heavy atom. The summed E-state index contributed by atoms with van der Waals surface area (Å²) in [5.74, 6) is 0. The molecule has 6 N–H and O–H groups in total. The number of aliphatic hydroxyl groups excluding tert-OH is 4. The van der Waals surface area contributed by atoms with Gasteiger partial charge in [-0.25, -0.2) is 0 Å². The van der Waals surface area contributed by atoms with Crippen LogP contribution in [0, 0.1) is 0 Å². The van der Waals surface area contributed by atoms with E-state index >= 15 is 0 Å². The van der Waals surface area contributed by atoms with Crippen LogP contribution in [0.15, 0.2) is 0 Å². The summed E-state index contributed by atoms with van der Waals surface area (Å²) in [7, 11) is 0. The molecule has 0 amide bonds. The average Bonchev–Trinajstić information content (AvgIpc) is 2.14. The molecule has 0 aliphatic heterocycles. The Morgan fingerprint density at radius 2 is 1.47 bits per heavy atom. The van der Waals surface area contributed by atoms with Gasteiger partial charge in [-0.05, 0) is 20.8 Å². The fraction of sp³-hybridized carbons (Fsp3) is 1.00. The molecule has 0 aromatic heterocycles. The minimum absolute atomic E-state index is 0.788. The summed E-state index contributed by atoms with van der Waals surface area (Å²) in [6.45, 7) is 2.63. The van der Waals surface area contributed by atoms with Crippen molar-refractivity contribution >= 4 is 0 Å². The molecule has 6 heteroatoms. The van der Waals surface area contributed by atoms with Crippen LogP contribution < -0.4 is 0 Å². The molecule has 6 nitrogen and oxygen atoms in total. The van der Waals surface area contributed by atoms with Crippen LogP contribution in [0.1, 0.15) is 20.8 Å². The third kappa shape index (κ3) is 2.87. The lowest BCUT2D eigenvalue weighted by molar-refractivity contribution is -0.227. The maximum atomic E-state index is 9.80. The van der Waals surface area contributed by atoms with E-state index in [-0.39, 0.29) is 0 Å². The zero-order valence-corrected chi connectivity index (χ0v) is 9.12. The van der Waals surface area contributed by atoms with Gasteiger partial charge in [0.2, 0.25) is 0 Å². The first-order valence-corrected chi connectivity index (χ1v) is 4.67. The number of rotatable bonds is 5. The summed E-state index contributed by atoms with van der Waals surface area (Å²) in [4.78, 5) is 0. The Labute approximate surface area is 88.4 Å². The average molecular weight is 224 g/mol. The lowest BCUT2D eigenvalue weighted by Gasteiger charge is -2.42. The highest BCUT2D eigenvalue weighted by atomic mass is 16.4. The monoisotopic (exact) mass is 224 g/mol. The first-order chi connectivity index (χ1) is 6.58. The maximum absolute atomic E-state index is 9.80. The molecule has 0 radical (unpaired) electrons. The normalized spacial score (nSPS) is 26.2. The van der Waals surface area contributed by atoms with Gasteiger partial charge in [-0.3, -0.25) is 0 Å². The molecule has 0 rings (SSSR count). The van der Waals surface area contributed by atoms with Crippen molar-refractivity contribution in [2.75, 3.05) is 6.61 Å². The van der Waals surface area contributed by atoms with Gasteiger partial charge in [-0.2, -0.15) is 0 Å². The maximum Gasteiger partial charge on any atom is 0.121 e. The lowest BCUT2D eigenvalue weighted by atomic mass is 9.79. The van der Waals surface area contributed by atoms with Gasteiger partial charge in [-0.1, -0.05) is 0 Å². The highest BCUT2D eigenvalue weighted by Gasteiger charge is 2.50. The third-order valence-electron chi connectivity index (χ3n) is 2.79. The molecule has 15 heavy (non-hydrogen) atoms. The molecule has 5 atom stereocenters. The fourth-order valence-electron chi connectivity index (χ4n) is 1.07. The van der Waals surface area contributed by atoms with E-state index in [1.807, 2.05) is 0 Å². The molecule has 92 valence electrons. The molecule has 0 saturated carbocycles. The molecule has 0 aromatic rings. The molecule has 5 unspecified atom stereocenters. The molecular weight excluding hydrogens is 204 g/mol. The lowest BCUT2D eigenvalue weighted by Crippen LogP contribution is -2.64. The minimum Gasteiger partial charge on any atom is -0.393 e. The quantitative estimate of drug-likeness (QED) is 0.309. The Morgan fingerprint density at radius 3 is 1.73 bits per heavy atom. The Bertz CT molecular complexity index is 201. The second kappa shape index (κ2) is 4.73. The first-order valence-electron chi connectivity index (χ1n) is 4.67. The van der Waals surface area contributed by atoms with E-state index in [1.54, 1.807) is 0 Å². The second-order valence-electron chi connectivity index (χ2n) is 4.26. The fourth-order valence-corrected chi connectivity index (χ4v) is 1.07. The molecular formula is C9H20O6. The van der Waals surface area contributed by atoms with Gasteiger partial charge in [0.15, 0.2) is 0 Å². The van der Waals surface area contributed by atoms with Crippen molar-refractivity contribution in [1.82, 2.24) is 0 Å². The van der Waals surface area contributed by atoms with Crippen molar-refractivity contribution in [1.29, 1.82) is 0 Å². The summed E-state index contributed by atoms with van der Waals surface area (Å²) in [5, 5.41) is 56.1. The largest absolute Gasteiger partial charge is 0.393 e. The van der Waals surface area contributed by atoms with Crippen molar-refractivity contribution < 1.29 is 30.6 Å². The van der Waals surface area contributed by atoms with Gasteiger partial charge in [-0.15, -0.1) is 0 Å². The molecule has 0 bridgehead atoms. The second-order valence-corrected chi connectivity index (χ2v) is 4.26. The first kappa shape index (κ1) is 14.8. The molecule has 0 saturated heterocycles. The Balaban J connectivity index is 4.87. The molecule has 0 spiro atoms. The van der Waals surface area contributed by atoms with Crippen LogP contribution >= 0.6 is 0 Å². The van der Waals surface area contributed by atoms with Gasteiger partial charge in [0.1, 0.15) is 23.4 Å². The molecule has 0 aliphatic carbocycles. The van der Waals surface area contributed by atoms with Crippen molar-refractivity contribution in [3.63, 3.8) is 0 Å². The Hall–Kier alpha value is -0.240. The van der Waals surface area contributed by atoms with E-state index in [0.29, 0.717) is 0 Å². The summed E-state index contributed by atoms with van der Waals surface area (Å²) in [5.41, 5.74) is -4.12. The predicted octanol–water partition coefficient (Wildman–Crippen LogP) is -2.42. The topological polar surface area (TPSA) is 121 Å². The van der Waals surface area contributed by atoms with Crippen molar-refractivity contribution in [2.24, 2.45) is 0 Å². The van der Waals surface area contributed by atoms with Crippen LogP contribution in [-0.4, -0.2) is 66.8 Å². The van der Waals surface area contributed by atoms with Crippen LogP contribution in [0.2, 0.25) is 0 Å². The van der Waals surface area contributed by atoms with E-state index in [1.165, 1.54) is 6.92 Å². The smallest absolute Gasteiger partial charge is 0.121 e. The molecule has 0 aromatic carbocycles. The van der Waals surface area contributed by atoms with Crippen molar-refractivity contribution in [3.8, 4) is 0 Å². The SMILES string of the molecule is CC(O)C(O)C(O)C(C)(O)C(C)(O)CO. The molecule has 0 aliphatic rings. The summed E-state index contributed by atoms with van der Waals surface area (Å²) in [6, 6.07) is 0. The minimum atomic E-state index is -2.14. The molecule has 0 heterocycles. The summed E-state index contributed by atoms with van der Waals surface area (Å²) in [6.07, 6.45) is -4.65. The van der Waals surface area contributed by atoms with E-state index in [2.05, 4.69) is 0 Å². The summed E-state index contributed by atoms with van der Waals surface area (Å²) < 4.78 is 0.